The van der Waals surface area contributed by atoms with Gasteiger partial charge in [0.25, 0.3) is 0 Å². The van der Waals surface area contributed by atoms with E-state index in [2.05, 4.69) is 6.07 Å². The van der Waals surface area contributed by atoms with Crippen LogP contribution in [0.2, 0.25) is 0 Å². The van der Waals surface area contributed by atoms with E-state index in [1.165, 1.54) is 12.1 Å². The van der Waals surface area contributed by atoms with Crippen molar-refractivity contribution in [2.45, 2.75) is 13.0 Å². The van der Waals surface area contributed by atoms with Crippen molar-refractivity contribution in [2.75, 3.05) is 11.9 Å². The zero-order valence-electron chi connectivity index (χ0n) is 11.3. The molecule has 2 aromatic carbocycles. The topological polar surface area (TPSA) is 47.3 Å². The highest BCUT2D eigenvalue weighted by molar-refractivity contribution is 5.68. The molecule has 0 radical (unpaired) electrons. The second-order valence-corrected chi connectivity index (χ2v) is 4.60. The van der Waals surface area contributed by atoms with Gasteiger partial charge in [0.05, 0.1) is 17.7 Å². The van der Waals surface area contributed by atoms with Crippen molar-refractivity contribution in [1.82, 2.24) is 0 Å². The van der Waals surface area contributed by atoms with Crippen LogP contribution in [0.5, 0.6) is 0 Å². The summed E-state index contributed by atoms with van der Waals surface area (Å²) in [6.45, 7) is 1.66. The smallest absolute Gasteiger partial charge is 0.125 e. The van der Waals surface area contributed by atoms with E-state index in [4.69, 9.17) is 5.26 Å². The molecular formula is C16H15FN2O. The lowest BCUT2D eigenvalue weighted by molar-refractivity contribution is 0.200. The molecule has 0 unspecified atom stereocenters. The predicted octanol–water partition coefficient (Wildman–Crippen LogP) is 3.52. The van der Waals surface area contributed by atoms with Gasteiger partial charge in [-0.15, -0.1) is 0 Å². The molecule has 3 nitrogen and oxygen atoms in total. The summed E-state index contributed by atoms with van der Waals surface area (Å²) in [5.74, 6) is -0.329. The fraction of sp³-hybridized carbons (Fsp3) is 0.188. The van der Waals surface area contributed by atoms with Gasteiger partial charge in [-0.25, -0.2) is 4.39 Å². The molecule has 102 valence electrons. The molecule has 0 fully saturated rings. The number of nitriles is 1. The normalized spacial score (nSPS) is 11.8. The van der Waals surface area contributed by atoms with Crippen molar-refractivity contribution in [3.63, 3.8) is 0 Å². The minimum atomic E-state index is -0.672. The van der Waals surface area contributed by atoms with Crippen LogP contribution in [0.3, 0.4) is 0 Å². The maximum absolute atomic E-state index is 13.3. The third-order valence-electron chi connectivity index (χ3n) is 3.17. The first-order valence-electron chi connectivity index (χ1n) is 6.24. The standard InChI is InChI=1S/C16H15FN2O/c1-11(20)15-7-6-12(10-18)8-16(15)19(2)14-5-3-4-13(17)9-14/h3-9,11,20H,1-2H3/t11-/m0/s1. The molecule has 0 aliphatic rings. The predicted molar refractivity (Wildman–Crippen MR) is 76.3 cm³/mol. The van der Waals surface area contributed by atoms with Crippen LogP contribution in [0.15, 0.2) is 42.5 Å². The van der Waals surface area contributed by atoms with Crippen molar-refractivity contribution < 1.29 is 9.50 Å². The Hall–Kier alpha value is -2.38. The largest absolute Gasteiger partial charge is 0.389 e. The Kier molecular flexibility index (Phi) is 4.02. The average Bonchev–Trinajstić information content (AvgIpc) is 2.45. The lowest BCUT2D eigenvalue weighted by Crippen LogP contribution is -2.13. The molecule has 0 aromatic heterocycles. The molecule has 0 amide bonds. The van der Waals surface area contributed by atoms with Gasteiger partial charge in [0.1, 0.15) is 5.82 Å². The summed E-state index contributed by atoms with van der Waals surface area (Å²) in [5, 5.41) is 18.8. The molecule has 0 bridgehead atoms. The summed E-state index contributed by atoms with van der Waals surface area (Å²) in [6, 6.07) is 13.3. The lowest BCUT2D eigenvalue weighted by atomic mass is 10.0. The Labute approximate surface area is 117 Å². The van der Waals surface area contributed by atoms with Gasteiger partial charge >= 0.3 is 0 Å². The molecule has 4 heteroatoms. The third kappa shape index (κ3) is 2.79. The van der Waals surface area contributed by atoms with Gasteiger partial charge in [-0.05, 0) is 37.3 Å². The van der Waals surface area contributed by atoms with Crippen molar-refractivity contribution >= 4 is 11.4 Å². The Morgan fingerprint density at radius 1 is 1.25 bits per heavy atom. The second kappa shape index (κ2) is 5.72. The van der Waals surface area contributed by atoms with Gasteiger partial charge in [-0.2, -0.15) is 5.26 Å². The van der Waals surface area contributed by atoms with Gasteiger partial charge in [-0.3, -0.25) is 0 Å². The maximum atomic E-state index is 13.3. The summed E-state index contributed by atoms with van der Waals surface area (Å²) < 4.78 is 13.3. The Morgan fingerprint density at radius 2 is 2.00 bits per heavy atom. The number of anilines is 2. The van der Waals surface area contributed by atoms with Crippen LogP contribution in [0.1, 0.15) is 24.2 Å². The number of halogens is 1. The first-order valence-corrected chi connectivity index (χ1v) is 6.24. The Morgan fingerprint density at radius 3 is 2.60 bits per heavy atom. The van der Waals surface area contributed by atoms with Gasteiger partial charge in [-0.1, -0.05) is 12.1 Å². The molecule has 0 aliphatic carbocycles. The quantitative estimate of drug-likeness (QED) is 0.928. The van der Waals surface area contributed by atoms with E-state index < -0.39 is 6.10 Å². The van der Waals surface area contributed by atoms with Gasteiger partial charge in [0.15, 0.2) is 0 Å². The van der Waals surface area contributed by atoms with Crippen molar-refractivity contribution in [3.05, 3.63) is 59.4 Å². The molecule has 1 atom stereocenters. The summed E-state index contributed by atoms with van der Waals surface area (Å²) in [6.07, 6.45) is -0.672. The van der Waals surface area contributed by atoms with E-state index in [1.54, 1.807) is 49.2 Å². The van der Waals surface area contributed by atoms with E-state index in [-0.39, 0.29) is 5.82 Å². The average molecular weight is 270 g/mol. The number of aliphatic hydroxyl groups excluding tert-OH is 1. The number of hydrogen-bond donors (Lipinski definition) is 1. The molecule has 20 heavy (non-hydrogen) atoms. The Balaban J connectivity index is 2.52. The molecular weight excluding hydrogens is 255 g/mol. The second-order valence-electron chi connectivity index (χ2n) is 4.60. The molecule has 0 heterocycles. The molecule has 1 N–H and O–H groups in total. The Bertz CT molecular complexity index is 662. The maximum Gasteiger partial charge on any atom is 0.125 e. The van der Waals surface area contributed by atoms with Crippen LogP contribution in [0.25, 0.3) is 0 Å². The number of hydrogen-bond acceptors (Lipinski definition) is 3. The highest BCUT2D eigenvalue weighted by atomic mass is 19.1. The zero-order chi connectivity index (χ0) is 14.7. The van der Waals surface area contributed by atoms with Crippen LogP contribution >= 0.6 is 0 Å². The number of benzene rings is 2. The van der Waals surface area contributed by atoms with Crippen LogP contribution in [0.4, 0.5) is 15.8 Å². The number of nitrogens with zero attached hydrogens (tertiary/aromatic N) is 2. The molecule has 0 spiro atoms. The van der Waals surface area contributed by atoms with E-state index in [9.17, 15) is 9.50 Å². The van der Waals surface area contributed by atoms with E-state index in [0.717, 1.165) is 0 Å². The molecule has 0 aliphatic heterocycles. The van der Waals surface area contributed by atoms with E-state index in [0.29, 0.717) is 22.5 Å². The molecule has 0 saturated heterocycles. The zero-order valence-corrected chi connectivity index (χ0v) is 11.3. The van der Waals surface area contributed by atoms with Crippen molar-refractivity contribution in [3.8, 4) is 6.07 Å². The first-order chi connectivity index (χ1) is 9.52. The fourth-order valence-corrected chi connectivity index (χ4v) is 2.08. The first kappa shape index (κ1) is 14.0. The molecule has 0 saturated carbocycles. The lowest BCUT2D eigenvalue weighted by Gasteiger charge is -2.24. The van der Waals surface area contributed by atoms with Crippen molar-refractivity contribution in [1.29, 1.82) is 5.26 Å². The minimum Gasteiger partial charge on any atom is -0.389 e. The van der Waals surface area contributed by atoms with Gasteiger partial charge in [0, 0.05) is 24.0 Å². The fourth-order valence-electron chi connectivity index (χ4n) is 2.08. The monoisotopic (exact) mass is 270 g/mol. The summed E-state index contributed by atoms with van der Waals surface area (Å²) in [7, 11) is 1.77. The summed E-state index contributed by atoms with van der Waals surface area (Å²) >= 11 is 0. The van der Waals surface area contributed by atoms with E-state index in [1.807, 2.05) is 0 Å². The SMILES string of the molecule is C[C@H](O)c1ccc(C#N)cc1N(C)c1cccc(F)c1. The van der Waals surface area contributed by atoms with Crippen LogP contribution < -0.4 is 4.90 Å². The van der Waals surface area contributed by atoms with Crippen LogP contribution in [-0.4, -0.2) is 12.2 Å². The van der Waals surface area contributed by atoms with Crippen LogP contribution in [-0.2, 0) is 0 Å². The minimum absolute atomic E-state index is 0.329. The number of rotatable bonds is 3. The summed E-state index contributed by atoms with van der Waals surface area (Å²) in [5.41, 5.74) is 2.52. The van der Waals surface area contributed by atoms with E-state index >= 15 is 0 Å². The molecule has 2 aromatic rings. The van der Waals surface area contributed by atoms with Crippen LogP contribution in [0, 0.1) is 17.1 Å². The van der Waals surface area contributed by atoms with Gasteiger partial charge < -0.3 is 10.0 Å². The van der Waals surface area contributed by atoms with Gasteiger partial charge in [0.2, 0.25) is 0 Å². The summed E-state index contributed by atoms with van der Waals surface area (Å²) in [4.78, 5) is 1.76. The van der Waals surface area contributed by atoms with Crippen molar-refractivity contribution in [2.24, 2.45) is 0 Å². The molecule has 2 rings (SSSR count). The number of aliphatic hydroxyl groups is 1. The highest BCUT2D eigenvalue weighted by Gasteiger charge is 2.14. The third-order valence-corrected chi connectivity index (χ3v) is 3.17. The highest BCUT2D eigenvalue weighted by Crippen LogP contribution is 2.31.